The number of nitrogens with zero attached hydrogens (tertiary/aromatic N) is 11. The van der Waals surface area contributed by atoms with E-state index < -0.39 is 0 Å². The summed E-state index contributed by atoms with van der Waals surface area (Å²) in [6.45, 7) is 13.0. The van der Waals surface area contributed by atoms with Gasteiger partial charge in [0, 0.05) is 78.7 Å². The summed E-state index contributed by atoms with van der Waals surface area (Å²) in [5.74, 6) is 2.43. The second kappa shape index (κ2) is 25.1. The van der Waals surface area contributed by atoms with Crippen molar-refractivity contribution in [1.29, 1.82) is 0 Å². The topological polar surface area (TPSA) is 142 Å². The van der Waals surface area contributed by atoms with E-state index in [9.17, 15) is 0 Å². The lowest BCUT2D eigenvalue weighted by molar-refractivity contribution is 0.595. The molecule has 0 spiro atoms. The van der Waals surface area contributed by atoms with Crippen LogP contribution in [-0.4, -0.2) is 54.8 Å². The van der Waals surface area contributed by atoms with Crippen LogP contribution in [0.3, 0.4) is 0 Å². The second-order valence-corrected chi connectivity index (χ2v) is 24.8. The smallest absolute Gasteiger partial charge is 0.182 e. The van der Waals surface area contributed by atoms with Crippen molar-refractivity contribution in [2.45, 2.75) is 47.0 Å². The quantitative estimate of drug-likeness (QED) is 0.121. The maximum atomic E-state index is 5.23. The van der Waals surface area contributed by atoms with Crippen LogP contribution in [0.4, 0.5) is 0 Å². The van der Waals surface area contributed by atoms with Crippen molar-refractivity contribution in [1.82, 2.24) is 54.8 Å². The summed E-state index contributed by atoms with van der Waals surface area (Å²) in [7, 11) is 0. The molecule has 0 radical (unpaired) electrons. The Morgan fingerprint density at radius 2 is 0.663 bits per heavy atom. The minimum absolute atomic E-state index is 0.0639. The van der Waals surface area contributed by atoms with E-state index in [0.29, 0.717) is 29.0 Å². The molecule has 16 rings (SSSR count). The standard InChI is InChI=1S/C44H35N5.C40H28N6/c1-28-16-17-31-22-23-35-36(44(2,3)4)26-38(47-42(35)41(31)46-28)30-20-18-29(19-21-30)33-13-10-14-34(25-33)39-27-40(37-15-8-9-24-45-37)49-43(48-39)32-11-6-5-7-12-32;1-25-24-35(43-37-33(25)22-21-30-12-11-26(2)42-36(30)37)29-17-13-27(14-18-29)28-15-19-32(20-16-28)39-44-38(31-8-4-3-5-9-31)45-40(46-39)34-10-6-7-23-41-34/h5-27H,1-4H3;3-24H,1-2H3. The van der Waals surface area contributed by atoms with Crippen LogP contribution in [-0.2, 0) is 5.41 Å². The highest BCUT2D eigenvalue weighted by molar-refractivity contribution is 6.06. The van der Waals surface area contributed by atoms with E-state index in [4.69, 9.17) is 44.9 Å². The van der Waals surface area contributed by atoms with Crippen molar-refractivity contribution < 1.29 is 0 Å². The van der Waals surface area contributed by atoms with Crippen LogP contribution < -0.4 is 0 Å². The monoisotopic (exact) mass is 1230 g/mol. The van der Waals surface area contributed by atoms with Crippen LogP contribution in [0.2, 0.25) is 0 Å². The van der Waals surface area contributed by atoms with Gasteiger partial charge in [-0.05, 0) is 120 Å². The fraction of sp³-hybridized carbons (Fsp3) is 0.0833. The van der Waals surface area contributed by atoms with Crippen LogP contribution in [0.15, 0.2) is 273 Å². The lowest BCUT2D eigenvalue weighted by Crippen LogP contribution is -2.12. The van der Waals surface area contributed by atoms with Gasteiger partial charge in [-0.15, -0.1) is 0 Å². The molecule has 0 aliphatic heterocycles. The van der Waals surface area contributed by atoms with Crippen molar-refractivity contribution >= 4 is 43.6 Å². The van der Waals surface area contributed by atoms with Gasteiger partial charge < -0.3 is 0 Å². The van der Waals surface area contributed by atoms with Gasteiger partial charge in [-0.2, -0.15) is 0 Å². The molecule has 8 heterocycles. The van der Waals surface area contributed by atoms with Crippen LogP contribution in [0.25, 0.3) is 157 Å². The molecule has 0 atom stereocenters. The maximum absolute atomic E-state index is 5.23. The molecule has 8 aromatic carbocycles. The molecule has 0 fully saturated rings. The Balaban J connectivity index is 0.000000157. The molecule has 0 bridgehead atoms. The fourth-order valence-electron chi connectivity index (χ4n) is 12.1. The number of fused-ring (bicyclic) bond motifs is 6. The molecule has 11 nitrogen and oxygen atoms in total. The van der Waals surface area contributed by atoms with Crippen molar-refractivity contribution in [2.75, 3.05) is 0 Å². The number of hydrogen-bond acceptors (Lipinski definition) is 11. The molecule has 8 aromatic heterocycles. The number of benzene rings is 8. The first-order chi connectivity index (χ1) is 46.4. The third-order valence-corrected chi connectivity index (χ3v) is 17.1. The van der Waals surface area contributed by atoms with Crippen molar-refractivity contribution in [3.8, 4) is 113 Å². The average molecular weight is 1230 g/mol. The van der Waals surface area contributed by atoms with Gasteiger partial charge in [-0.1, -0.05) is 221 Å². The van der Waals surface area contributed by atoms with E-state index in [0.717, 1.165) is 139 Å². The summed E-state index contributed by atoms with van der Waals surface area (Å²) in [4.78, 5) is 53.4. The highest BCUT2D eigenvalue weighted by Crippen LogP contribution is 2.38. The molecule has 16 aromatic rings. The lowest BCUT2D eigenvalue weighted by Gasteiger charge is -2.23. The Morgan fingerprint density at radius 3 is 1.22 bits per heavy atom. The van der Waals surface area contributed by atoms with Gasteiger partial charge >= 0.3 is 0 Å². The third-order valence-electron chi connectivity index (χ3n) is 17.1. The van der Waals surface area contributed by atoms with Gasteiger partial charge in [0.25, 0.3) is 0 Å². The molecular formula is C84H63N11. The largest absolute Gasteiger partial charge is 0.255 e. The van der Waals surface area contributed by atoms with E-state index in [1.807, 2.05) is 123 Å². The third kappa shape index (κ3) is 12.3. The SMILES string of the molecule is Cc1ccc2ccc3c(C(C)(C)C)cc(-c4ccc(-c5cccc(-c6cc(-c7ccccn7)nc(-c7ccccc7)n6)c5)cc4)nc3c2n1.Cc1ccc2ccc3c(C)cc(-c4ccc(-c5ccc(-c6nc(-c7ccccc7)nc(-c7ccccn7)n6)cc5)cc4)nc3c2n1. The van der Waals surface area contributed by atoms with Gasteiger partial charge in [0.1, 0.15) is 5.69 Å². The molecule has 0 amide bonds. The Morgan fingerprint density at radius 1 is 0.242 bits per heavy atom. The van der Waals surface area contributed by atoms with Gasteiger partial charge in [0.05, 0.1) is 50.5 Å². The summed E-state index contributed by atoms with van der Waals surface area (Å²) in [5, 5.41) is 4.49. The number of rotatable bonds is 10. The lowest BCUT2D eigenvalue weighted by atomic mass is 9.83. The van der Waals surface area contributed by atoms with E-state index in [-0.39, 0.29) is 5.41 Å². The molecule has 95 heavy (non-hydrogen) atoms. The summed E-state index contributed by atoms with van der Waals surface area (Å²) >= 11 is 0. The van der Waals surface area contributed by atoms with Gasteiger partial charge in [0.2, 0.25) is 0 Å². The molecule has 0 unspecified atom stereocenters. The number of pyridine rings is 6. The zero-order valence-electron chi connectivity index (χ0n) is 53.4. The van der Waals surface area contributed by atoms with E-state index in [2.05, 4.69) is 189 Å². The van der Waals surface area contributed by atoms with Crippen LogP contribution in [0.1, 0.15) is 43.3 Å². The van der Waals surface area contributed by atoms with Crippen LogP contribution >= 0.6 is 0 Å². The number of aromatic nitrogens is 11. The minimum atomic E-state index is -0.0639. The highest BCUT2D eigenvalue weighted by atomic mass is 15.0. The number of aryl methyl sites for hydroxylation is 3. The molecule has 0 aliphatic rings. The van der Waals surface area contributed by atoms with Crippen molar-refractivity contribution in [3.63, 3.8) is 0 Å². The molecule has 0 aliphatic carbocycles. The van der Waals surface area contributed by atoms with Crippen LogP contribution in [0, 0.1) is 20.8 Å². The Hall–Kier alpha value is -12.2. The van der Waals surface area contributed by atoms with Gasteiger partial charge in [-0.25, -0.2) is 34.9 Å². The van der Waals surface area contributed by atoms with Crippen molar-refractivity contribution in [3.05, 3.63) is 296 Å². The normalized spacial score (nSPS) is 11.5. The average Bonchev–Trinajstić information content (AvgIpc) is 0.846. The van der Waals surface area contributed by atoms with Crippen LogP contribution in [0.5, 0.6) is 0 Å². The zero-order valence-corrected chi connectivity index (χ0v) is 53.4. The van der Waals surface area contributed by atoms with Gasteiger partial charge in [-0.3, -0.25) is 19.9 Å². The molecule has 0 saturated carbocycles. The molecular weight excluding hydrogens is 1160 g/mol. The van der Waals surface area contributed by atoms with E-state index in [1.54, 1.807) is 12.4 Å². The van der Waals surface area contributed by atoms with Gasteiger partial charge in [0.15, 0.2) is 23.3 Å². The predicted molar refractivity (Wildman–Crippen MR) is 386 cm³/mol. The minimum Gasteiger partial charge on any atom is -0.255 e. The first kappa shape index (κ1) is 59.1. The summed E-state index contributed by atoms with van der Waals surface area (Å²) in [6.07, 6.45) is 3.54. The zero-order chi connectivity index (χ0) is 64.6. The summed E-state index contributed by atoms with van der Waals surface area (Å²) in [5.41, 5.74) is 23.6. The van der Waals surface area contributed by atoms with E-state index >= 15 is 0 Å². The first-order valence-corrected chi connectivity index (χ1v) is 31.8. The molecule has 0 N–H and O–H groups in total. The molecule has 0 saturated heterocycles. The summed E-state index contributed by atoms with van der Waals surface area (Å²) < 4.78 is 0. The Labute approximate surface area is 551 Å². The van der Waals surface area contributed by atoms with Crippen molar-refractivity contribution in [2.24, 2.45) is 0 Å². The first-order valence-electron chi connectivity index (χ1n) is 31.8. The molecule has 11 heteroatoms. The Bertz CT molecular complexity index is 5390. The second-order valence-electron chi connectivity index (χ2n) is 24.8. The highest BCUT2D eigenvalue weighted by Gasteiger charge is 2.22. The fourth-order valence-corrected chi connectivity index (χ4v) is 12.1. The number of hydrogen-bond donors (Lipinski definition) is 0. The summed E-state index contributed by atoms with van der Waals surface area (Å²) in [6, 6.07) is 89.2. The van der Waals surface area contributed by atoms with E-state index in [1.165, 1.54) is 11.1 Å². The molecule has 454 valence electrons. The maximum Gasteiger partial charge on any atom is 0.182 e. The predicted octanol–water partition coefficient (Wildman–Crippen LogP) is 20.2. The Kier molecular flexibility index (Phi) is 15.6.